The van der Waals surface area contributed by atoms with Gasteiger partial charge in [-0.25, -0.2) is 4.79 Å². The average Bonchev–Trinajstić information content (AvgIpc) is 2.69. The molecule has 0 spiro atoms. The Kier molecular flexibility index (Phi) is 3.00. The van der Waals surface area contributed by atoms with Crippen LogP contribution in [0.25, 0.3) is 10.1 Å². The van der Waals surface area contributed by atoms with Gasteiger partial charge in [0.15, 0.2) is 0 Å². The van der Waals surface area contributed by atoms with Crippen LogP contribution in [0, 0.1) is 0 Å². The van der Waals surface area contributed by atoms with Gasteiger partial charge in [-0.3, -0.25) is 0 Å². The molecule has 1 heterocycles. The third-order valence-corrected chi connectivity index (χ3v) is 3.55. The lowest BCUT2D eigenvalue weighted by Crippen LogP contribution is -2.33. The molecule has 102 valence electrons. The lowest BCUT2D eigenvalue weighted by atomic mass is 10.1. The van der Waals surface area contributed by atoms with E-state index in [0.29, 0.717) is 16.8 Å². The second kappa shape index (κ2) is 4.16. The number of alkyl halides is 5. The van der Waals surface area contributed by atoms with E-state index in [9.17, 15) is 26.7 Å². The summed E-state index contributed by atoms with van der Waals surface area (Å²) in [6.07, 6.45) is -5.69. The van der Waals surface area contributed by atoms with Crippen LogP contribution in [0.2, 0.25) is 0 Å². The van der Waals surface area contributed by atoms with Crippen LogP contribution in [0.1, 0.15) is 15.2 Å². The third kappa shape index (κ3) is 2.27. The maximum absolute atomic E-state index is 13.1. The van der Waals surface area contributed by atoms with Crippen LogP contribution in [-0.2, 0) is 5.92 Å². The fourth-order valence-electron chi connectivity index (χ4n) is 1.51. The second-order valence-corrected chi connectivity index (χ2v) is 4.82. The molecule has 8 heteroatoms. The molecule has 2 aromatic rings. The zero-order valence-corrected chi connectivity index (χ0v) is 9.78. The van der Waals surface area contributed by atoms with Crippen LogP contribution < -0.4 is 0 Å². The first-order chi connectivity index (χ1) is 8.63. The summed E-state index contributed by atoms with van der Waals surface area (Å²) in [6, 6.07) is 3.43. The van der Waals surface area contributed by atoms with Gasteiger partial charge in [-0.2, -0.15) is 22.0 Å². The molecule has 0 saturated heterocycles. The summed E-state index contributed by atoms with van der Waals surface area (Å²) in [6.45, 7) is 0. The highest BCUT2D eigenvalue weighted by molar-refractivity contribution is 7.20. The summed E-state index contributed by atoms with van der Waals surface area (Å²) in [4.78, 5) is 10.6. The van der Waals surface area contributed by atoms with Gasteiger partial charge in [0.25, 0.3) is 0 Å². The van der Waals surface area contributed by atoms with Gasteiger partial charge in [-0.1, -0.05) is 6.07 Å². The number of thiophene rings is 1. The molecule has 0 aliphatic heterocycles. The first kappa shape index (κ1) is 13.7. The summed E-state index contributed by atoms with van der Waals surface area (Å²) >= 11 is 0.807. The number of benzene rings is 1. The van der Waals surface area contributed by atoms with E-state index in [1.165, 1.54) is 0 Å². The summed E-state index contributed by atoms with van der Waals surface area (Å²) in [5.74, 6) is -6.22. The van der Waals surface area contributed by atoms with Crippen molar-refractivity contribution in [1.29, 1.82) is 0 Å². The SMILES string of the molecule is O=C(O)c1cc2cc(C(F)(F)C(F)(F)F)ccc2s1. The molecule has 0 radical (unpaired) electrons. The lowest BCUT2D eigenvalue weighted by molar-refractivity contribution is -0.289. The van der Waals surface area contributed by atoms with E-state index in [-0.39, 0.29) is 10.3 Å². The van der Waals surface area contributed by atoms with Crippen molar-refractivity contribution >= 4 is 27.4 Å². The molecule has 2 rings (SSSR count). The first-order valence-electron chi connectivity index (χ1n) is 4.85. The van der Waals surface area contributed by atoms with Crippen molar-refractivity contribution in [2.24, 2.45) is 0 Å². The molecule has 1 aromatic heterocycles. The predicted molar refractivity (Wildman–Crippen MR) is 58.7 cm³/mol. The van der Waals surface area contributed by atoms with Gasteiger partial charge in [0.05, 0.1) is 0 Å². The predicted octanol–water partition coefficient (Wildman–Crippen LogP) is 4.25. The summed E-state index contributed by atoms with van der Waals surface area (Å²) < 4.78 is 63.2. The number of hydrogen-bond acceptors (Lipinski definition) is 2. The zero-order valence-electron chi connectivity index (χ0n) is 8.96. The first-order valence-corrected chi connectivity index (χ1v) is 5.66. The fourth-order valence-corrected chi connectivity index (χ4v) is 2.39. The van der Waals surface area contributed by atoms with Crippen LogP contribution in [-0.4, -0.2) is 17.3 Å². The maximum Gasteiger partial charge on any atom is 0.458 e. The highest BCUT2D eigenvalue weighted by Crippen LogP contribution is 2.44. The van der Waals surface area contributed by atoms with Crippen molar-refractivity contribution in [1.82, 2.24) is 0 Å². The number of carbonyl (C=O) groups is 1. The molecule has 0 unspecified atom stereocenters. The fraction of sp³-hybridized carbons (Fsp3) is 0.182. The third-order valence-electron chi connectivity index (χ3n) is 2.45. The number of fused-ring (bicyclic) bond motifs is 1. The van der Waals surface area contributed by atoms with E-state index < -0.39 is 23.6 Å². The minimum atomic E-state index is -5.69. The molecule has 0 fully saturated rings. The molecule has 1 aromatic carbocycles. The van der Waals surface area contributed by atoms with Crippen molar-refractivity contribution in [3.05, 3.63) is 34.7 Å². The lowest BCUT2D eigenvalue weighted by Gasteiger charge is -2.19. The van der Waals surface area contributed by atoms with Crippen LogP contribution >= 0.6 is 11.3 Å². The Labute approximate surface area is 107 Å². The Hall–Kier alpha value is -1.70. The molecule has 1 N–H and O–H groups in total. The van der Waals surface area contributed by atoms with Gasteiger partial charge in [-0.15, -0.1) is 11.3 Å². The van der Waals surface area contributed by atoms with Gasteiger partial charge < -0.3 is 5.11 Å². The minimum Gasteiger partial charge on any atom is -0.477 e. The molecule has 0 bridgehead atoms. The van der Waals surface area contributed by atoms with Gasteiger partial charge in [0, 0.05) is 10.3 Å². The molecular weight excluding hydrogens is 291 g/mol. The second-order valence-electron chi connectivity index (χ2n) is 3.74. The minimum absolute atomic E-state index is 0.0452. The topological polar surface area (TPSA) is 37.3 Å². The van der Waals surface area contributed by atoms with Gasteiger partial charge >= 0.3 is 18.1 Å². The van der Waals surface area contributed by atoms with E-state index in [1.807, 2.05) is 0 Å². The molecule has 0 aliphatic carbocycles. The largest absolute Gasteiger partial charge is 0.477 e. The van der Waals surface area contributed by atoms with Gasteiger partial charge in [0.1, 0.15) is 4.88 Å². The molecule has 2 nitrogen and oxygen atoms in total. The van der Waals surface area contributed by atoms with Crippen molar-refractivity contribution < 1.29 is 31.9 Å². The summed E-state index contributed by atoms with van der Waals surface area (Å²) in [5, 5.41) is 8.77. The van der Waals surface area contributed by atoms with Crippen LogP contribution in [0.15, 0.2) is 24.3 Å². The smallest absolute Gasteiger partial charge is 0.458 e. The van der Waals surface area contributed by atoms with E-state index >= 15 is 0 Å². The number of aromatic carboxylic acids is 1. The number of rotatable bonds is 2. The highest BCUT2D eigenvalue weighted by atomic mass is 32.1. The van der Waals surface area contributed by atoms with Crippen molar-refractivity contribution in [2.75, 3.05) is 0 Å². The molecule has 0 saturated carbocycles. The molecule has 0 atom stereocenters. The van der Waals surface area contributed by atoms with Crippen molar-refractivity contribution in [2.45, 2.75) is 12.1 Å². The van der Waals surface area contributed by atoms with Crippen molar-refractivity contribution in [3.63, 3.8) is 0 Å². The van der Waals surface area contributed by atoms with E-state index in [4.69, 9.17) is 5.11 Å². The van der Waals surface area contributed by atoms with E-state index in [1.54, 1.807) is 0 Å². The highest BCUT2D eigenvalue weighted by Gasteiger charge is 2.58. The van der Waals surface area contributed by atoms with Crippen LogP contribution in [0.5, 0.6) is 0 Å². The molecule has 0 aliphatic rings. The number of carboxylic acids is 1. The Bertz CT molecular complexity index is 644. The molecule has 19 heavy (non-hydrogen) atoms. The molecular formula is C11H5F5O2S. The van der Waals surface area contributed by atoms with Crippen molar-refractivity contribution in [3.8, 4) is 0 Å². The monoisotopic (exact) mass is 296 g/mol. The quantitative estimate of drug-likeness (QED) is 0.841. The van der Waals surface area contributed by atoms with E-state index in [0.717, 1.165) is 23.5 Å². The number of halogens is 5. The van der Waals surface area contributed by atoms with E-state index in [2.05, 4.69) is 0 Å². The number of hydrogen-bond donors (Lipinski definition) is 1. The maximum atomic E-state index is 13.1. The number of carboxylic acid groups (broad SMARTS) is 1. The Morgan fingerprint density at radius 2 is 1.74 bits per heavy atom. The standard InChI is InChI=1S/C11H5F5O2S/c12-10(13,11(14,15)16)6-1-2-7-5(3-6)4-8(19-7)9(17)18/h1-4H,(H,17,18). The normalized spacial score (nSPS) is 12.9. The summed E-state index contributed by atoms with van der Waals surface area (Å²) in [5.41, 5.74) is -1.21. The summed E-state index contributed by atoms with van der Waals surface area (Å²) in [7, 11) is 0. The average molecular weight is 296 g/mol. The van der Waals surface area contributed by atoms with Gasteiger partial charge in [0.2, 0.25) is 0 Å². The van der Waals surface area contributed by atoms with Gasteiger partial charge in [-0.05, 0) is 23.6 Å². The Morgan fingerprint density at radius 3 is 2.26 bits per heavy atom. The molecule has 0 amide bonds. The van der Waals surface area contributed by atoms with Crippen LogP contribution in [0.4, 0.5) is 22.0 Å². The Morgan fingerprint density at radius 1 is 1.11 bits per heavy atom. The zero-order chi connectivity index (χ0) is 14.4. The van der Waals surface area contributed by atoms with Crippen LogP contribution in [0.3, 0.4) is 0 Å². The Balaban J connectivity index is 2.56.